The lowest BCUT2D eigenvalue weighted by atomic mass is 10.0. The van der Waals surface area contributed by atoms with Gasteiger partial charge in [-0.3, -0.25) is 9.69 Å². The van der Waals surface area contributed by atoms with Gasteiger partial charge in [-0.25, -0.2) is 4.98 Å². The first-order chi connectivity index (χ1) is 11.6. The fourth-order valence-corrected chi connectivity index (χ4v) is 3.11. The zero-order valence-corrected chi connectivity index (χ0v) is 17.0. The number of piperazine rings is 1. The smallest absolute Gasteiger partial charge is 0.239 e. The molecule has 1 fully saturated rings. The normalized spacial score (nSPS) is 16.9. The zero-order chi connectivity index (χ0) is 16.9. The lowest BCUT2D eigenvalue weighted by molar-refractivity contribution is -0.118. The monoisotopic (exact) mass is 436 g/mol. The number of halogens is 4. The number of pyridine rings is 1. The van der Waals surface area contributed by atoms with Crippen LogP contribution in [0.2, 0.25) is 10.0 Å². The Bertz CT molecular complexity index is 714. The van der Waals surface area contributed by atoms with Gasteiger partial charge in [0.25, 0.3) is 0 Å². The van der Waals surface area contributed by atoms with Crippen LogP contribution in [0.25, 0.3) is 0 Å². The van der Waals surface area contributed by atoms with Crippen LogP contribution in [0.4, 0.5) is 5.82 Å². The summed E-state index contributed by atoms with van der Waals surface area (Å²) in [6.07, 6.45) is 1.51. The van der Waals surface area contributed by atoms with E-state index in [9.17, 15) is 4.79 Å². The van der Waals surface area contributed by atoms with Gasteiger partial charge in [-0.1, -0.05) is 35.3 Å². The van der Waals surface area contributed by atoms with Crippen molar-refractivity contribution in [3.63, 3.8) is 0 Å². The number of aromatic nitrogens is 1. The highest BCUT2D eigenvalue weighted by molar-refractivity contribution is 6.30. The van der Waals surface area contributed by atoms with Crippen molar-refractivity contribution in [1.82, 2.24) is 15.2 Å². The predicted octanol–water partition coefficient (Wildman–Crippen LogP) is 3.82. The molecule has 1 saturated heterocycles. The Labute approximate surface area is 175 Å². The molecule has 1 amide bonds. The molecule has 5 nitrogen and oxygen atoms in total. The van der Waals surface area contributed by atoms with Gasteiger partial charge in [-0.05, 0) is 29.8 Å². The molecule has 1 aliphatic rings. The maximum absolute atomic E-state index is 12.3. The number of nitrogens with one attached hydrogen (secondary N) is 2. The highest BCUT2D eigenvalue weighted by atomic mass is 35.5. The lowest BCUT2D eigenvalue weighted by Crippen LogP contribution is -2.48. The van der Waals surface area contributed by atoms with E-state index in [-0.39, 0.29) is 36.8 Å². The zero-order valence-electron chi connectivity index (χ0n) is 13.8. The van der Waals surface area contributed by atoms with Crippen LogP contribution in [-0.4, -0.2) is 42.0 Å². The highest BCUT2D eigenvalue weighted by Crippen LogP contribution is 2.24. The third kappa shape index (κ3) is 6.27. The van der Waals surface area contributed by atoms with Gasteiger partial charge in [0.1, 0.15) is 5.82 Å². The van der Waals surface area contributed by atoms with Crippen molar-refractivity contribution in [3.8, 4) is 0 Å². The fraction of sp³-hybridized carbons (Fsp3) is 0.294. The molecule has 1 unspecified atom stereocenters. The summed E-state index contributed by atoms with van der Waals surface area (Å²) in [6, 6.07) is 11.3. The van der Waals surface area contributed by atoms with Gasteiger partial charge in [0.2, 0.25) is 5.91 Å². The molecular weight excluding hydrogens is 418 g/mol. The largest absolute Gasteiger partial charge is 0.314 e. The van der Waals surface area contributed by atoms with E-state index in [2.05, 4.69) is 20.5 Å². The van der Waals surface area contributed by atoms with Crippen LogP contribution in [0, 0.1) is 0 Å². The molecule has 2 heterocycles. The maximum atomic E-state index is 12.3. The first-order valence-corrected chi connectivity index (χ1v) is 8.49. The summed E-state index contributed by atoms with van der Waals surface area (Å²) in [5, 5.41) is 7.41. The number of nitrogens with zero attached hydrogens (tertiary/aromatic N) is 2. The predicted molar refractivity (Wildman–Crippen MR) is 111 cm³/mol. The lowest BCUT2D eigenvalue weighted by Gasteiger charge is -2.36. The minimum absolute atomic E-state index is 0. The molecule has 0 bridgehead atoms. The van der Waals surface area contributed by atoms with Gasteiger partial charge in [-0.15, -0.1) is 24.8 Å². The van der Waals surface area contributed by atoms with Gasteiger partial charge in [0.15, 0.2) is 0 Å². The molecule has 2 N–H and O–H groups in total. The Hall–Kier alpha value is -1.08. The van der Waals surface area contributed by atoms with Gasteiger partial charge in [0.05, 0.1) is 11.6 Å². The van der Waals surface area contributed by atoms with Crippen LogP contribution in [0.15, 0.2) is 42.6 Å². The molecule has 142 valence electrons. The first kappa shape index (κ1) is 23.0. The molecule has 0 saturated carbocycles. The van der Waals surface area contributed by atoms with Crippen LogP contribution >= 0.6 is 48.0 Å². The van der Waals surface area contributed by atoms with Crippen molar-refractivity contribution >= 4 is 59.7 Å². The number of carbonyl (C=O) groups is 1. The summed E-state index contributed by atoms with van der Waals surface area (Å²) in [5.41, 5.74) is 1.10. The molecule has 0 spiro atoms. The molecule has 0 radical (unpaired) electrons. The van der Waals surface area contributed by atoms with E-state index in [1.807, 2.05) is 24.3 Å². The summed E-state index contributed by atoms with van der Waals surface area (Å²) in [4.78, 5) is 18.6. The maximum Gasteiger partial charge on any atom is 0.239 e. The average Bonchev–Trinajstić information content (AvgIpc) is 2.57. The summed E-state index contributed by atoms with van der Waals surface area (Å²) < 4.78 is 0. The number of rotatable bonds is 4. The highest BCUT2D eigenvalue weighted by Gasteiger charge is 2.25. The van der Waals surface area contributed by atoms with E-state index in [4.69, 9.17) is 23.2 Å². The molecular formula is C17H20Cl4N4O. The molecule has 1 atom stereocenters. The Morgan fingerprint density at radius 1 is 1.23 bits per heavy atom. The number of hydrogen-bond acceptors (Lipinski definition) is 4. The average molecular weight is 438 g/mol. The third-order valence-corrected chi connectivity index (χ3v) is 4.39. The standard InChI is InChI=1S/C17H18Cl2N4O.2ClH/c18-13-3-1-2-12(8-13)15-10-20-6-7-23(15)11-17(24)22-16-5-4-14(19)9-21-16;;/h1-5,8-9,15,20H,6-7,10-11H2,(H,21,22,24);2*1H. The van der Waals surface area contributed by atoms with E-state index in [1.54, 1.807) is 12.1 Å². The number of amides is 1. The Kier molecular flexibility index (Phi) is 9.64. The van der Waals surface area contributed by atoms with E-state index in [1.165, 1.54) is 6.20 Å². The van der Waals surface area contributed by atoms with Crippen LogP contribution in [0.5, 0.6) is 0 Å². The quantitative estimate of drug-likeness (QED) is 0.763. The number of hydrogen-bond donors (Lipinski definition) is 2. The second-order valence-corrected chi connectivity index (χ2v) is 6.53. The molecule has 26 heavy (non-hydrogen) atoms. The minimum Gasteiger partial charge on any atom is -0.314 e. The van der Waals surface area contributed by atoms with Gasteiger partial charge in [-0.2, -0.15) is 0 Å². The molecule has 3 rings (SSSR count). The van der Waals surface area contributed by atoms with Gasteiger partial charge in [0, 0.05) is 36.9 Å². The summed E-state index contributed by atoms with van der Waals surface area (Å²) in [5.74, 6) is 0.401. The Morgan fingerprint density at radius 3 is 2.73 bits per heavy atom. The van der Waals surface area contributed by atoms with Crippen LogP contribution < -0.4 is 10.6 Å². The van der Waals surface area contributed by atoms with Crippen LogP contribution in [-0.2, 0) is 4.79 Å². The third-order valence-electron chi connectivity index (χ3n) is 3.93. The van der Waals surface area contributed by atoms with Crippen molar-refractivity contribution < 1.29 is 4.79 Å². The van der Waals surface area contributed by atoms with E-state index >= 15 is 0 Å². The minimum atomic E-state index is -0.0984. The summed E-state index contributed by atoms with van der Waals surface area (Å²) >= 11 is 11.9. The molecule has 0 aliphatic carbocycles. The topological polar surface area (TPSA) is 57.3 Å². The molecule has 1 aliphatic heterocycles. The van der Waals surface area contributed by atoms with Crippen molar-refractivity contribution in [1.29, 1.82) is 0 Å². The van der Waals surface area contributed by atoms with Gasteiger partial charge < -0.3 is 10.6 Å². The number of benzene rings is 1. The Morgan fingerprint density at radius 2 is 2.04 bits per heavy atom. The molecule has 1 aromatic carbocycles. The van der Waals surface area contributed by atoms with E-state index in [0.717, 1.165) is 25.2 Å². The molecule has 1 aromatic heterocycles. The van der Waals surface area contributed by atoms with E-state index < -0.39 is 0 Å². The second-order valence-electron chi connectivity index (χ2n) is 5.66. The van der Waals surface area contributed by atoms with Gasteiger partial charge >= 0.3 is 0 Å². The van der Waals surface area contributed by atoms with Crippen molar-refractivity contribution in [2.45, 2.75) is 6.04 Å². The van der Waals surface area contributed by atoms with Crippen molar-refractivity contribution in [3.05, 3.63) is 58.2 Å². The summed E-state index contributed by atoms with van der Waals surface area (Å²) in [7, 11) is 0. The summed E-state index contributed by atoms with van der Waals surface area (Å²) in [6.45, 7) is 2.72. The second kappa shape index (κ2) is 10.9. The first-order valence-electron chi connectivity index (χ1n) is 7.73. The van der Waals surface area contributed by atoms with Crippen LogP contribution in [0.1, 0.15) is 11.6 Å². The SMILES string of the molecule is Cl.Cl.O=C(CN1CCNCC1c1cccc(Cl)c1)Nc1ccc(Cl)cn1. The Balaban J connectivity index is 0.00000169. The fourth-order valence-electron chi connectivity index (χ4n) is 2.79. The van der Waals surface area contributed by atoms with E-state index in [0.29, 0.717) is 22.4 Å². The van der Waals surface area contributed by atoms with Crippen molar-refractivity contribution in [2.75, 3.05) is 31.5 Å². The van der Waals surface area contributed by atoms with Crippen molar-refractivity contribution in [2.24, 2.45) is 0 Å². The number of carbonyl (C=O) groups excluding carboxylic acids is 1. The number of anilines is 1. The molecule has 9 heteroatoms. The molecule has 2 aromatic rings. The van der Waals surface area contributed by atoms with Crippen LogP contribution in [0.3, 0.4) is 0 Å².